The van der Waals surface area contributed by atoms with E-state index in [4.69, 9.17) is 11.6 Å². The number of nitrogens with one attached hydrogen (secondary N) is 2. The second kappa shape index (κ2) is 8.74. The van der Waals surface area contributed by atoms with Gasteiger partial charge in [0.05, 0.1) is 6.61 Å². The summed E-state index contributed by atoms with van der Waals surface area (Å²) in [6.45, 7) is 1.11. The van der Waals surface area contributed by atoms with Crippen LogP contribution < -0.4 is 5.32 Å². The van der Waals surface area contributed by atoms with Crippen molar-refractivity contribution < 1.29 is 9.90 Å². The molecule has 0 aliphatic carbocycles. The van der Waals surface area contributed by atoms with Gasteiger partial charge in [-0.1, -0.05) is 41.9 Å². The van der Waals surface area contributed by atoms with E-state index in [9.17, 15) is 9.90 Å². The second-order valence-corrected chi connectivity index (χ2v) is 6.55. The summed E-state index contributed by atoms with van der Waals surface area (Å²) in [7, 11) is 0. The Hall–Kier alpha value is -2.50. The fraction of sp³-hybridized carbons (Fsp3) is 0.250. The minimum Gasteiger partial charge on any atom is -0.395 e. The average molecular weight is 372 g/mol. The molecular weight excluding hydrogens is 350 g/mol. The molecule has 0 bridgehead atoms. The molecule has 2 amide bonds. The first-order chi connectivity index (χ1) is 12.7. The summed E-state index contributed by atoms with van der Waals surface area (Å²) in [5.74, 6) is 0. The van der Waals surface area contributed by atoms with E-state index in [0.717, 1.165) is 17.5 Å². The Morgan fingerprint density at radius 2 is 2.04 bits per heavy atom. The fourth-order valence-corrected chi connectivity index (χ4v) is 3.20. The van der Waals surface area contributed by atoms with E-state index in [1.165, 1.54) is 10.9 Å². The number of carbonyl (C=O) groups is 1. The summed E-state index contributed by atoms with van der Waals surface area (Å²) in [5, 5.41) is 14.0. The molecule has 5 nitrogen and oxygen atoms in total. The highest BCUT2D eigenvalue weighted by Gasteiger charge is 2.13. The van der Waals surface area contributed by atoms with Crippen LogP contribution in [0.1, 0.15) is 11.1 Å². The maximum absolute atomic E-state index is 12.5. The Morgan fingerprint density at radius 3 is 2.85 bits per heavy atom. The minimum absolute atomic E-state index is 0.0869. The van der Waals surface area contributed by atoms with Crippen molar-refractivity contribution in [2.75, 3.05) is 19.7 Å². The number of aliphatic hydroxyl groups is 1. The van der Waals surface area contributed by atoms with E-state index in [0.29, 0.717) is 18.1 Å². The number of amides is 2. The van der Waals surface area contributed by atoms with Crippen LogP contribution in [-0.2, 0) is 13.0 Å². The molecule has 2 aromatic carbocycles. The van der Waals surface area contributed by atoms with E-state index in [1.54, 1.807) is 11.0 Å². The molecule has 0 spiro atoms. The molecule has 0 aliphatic heterocycles. The highest BCUT2D eigenvalue weighted by atomic mass is 35.5. The molecule has 1 heterocycles. The van der Waals surface area contributed by atoms with Crippen molar-refractivity contribution in [1.82, 2.24) is 15.2 Å². The Balaban J connectivity index is 1.57. The van der Waals surface area contributed by atoms with E-state index in [1.807, 2.05) is 42.6 Å². The molecule has 26 heavy (non-hydrogen) atoms. The summed E-state index contributed by atoms with van der Waals surface area (Å²) in [5.41, 5.74) is 3.19. The van der Waals surface area contributed by atoms with Crippen LogP contribution in [-0.4, -0.2) is 40.7 Å². The van der Waals surface area contributed by atoms with Gasteiger partial charge in [-0.15, -0.1) is 0 Å². The SMILES string of the molecule is O=C(NCCc1c[nH]c2ccccc12)N(CCO)Cc1cccc(Cl)c1. The molecular formula is C20H22ClN3O2. The molecule has 0 radical (unpaired) electrons. The maximum Gasteiger partial charge on any atom is 0.317 e. The molecule has 1 aromatic heterocycles. The van der Waals surface area contributed by atoms with Crippen LogP contribution in [0.3, 0.4) is 0 Å². The van der Waals surface area contributed by atoms with Crippen molar-refractivity contribution in [3.63, 3.8) is 0 Å². The quantitative estimate of drug-likeness (QED) is 0.594. The van der Waals surface area contributed by atoms with Crippen molar-refractivity contribution in [1.29, 1.82) is 0 Å². The van der Waals surface area contributed by atoms with Crippen molar-refractivity contribution in [2.45, 2.75) is 13.0 Å². The Bertz CT molecular complexity index is 878. The molecule has 3 N–H and O–H groups in total. The van der Waals surface area contributed by atoms with Crippen molar-refractivity contribution in [3.05, 3.63) is 70.9 Å². The second-order valence-electron chi connectivity index (χ2n) is 6.12. The molecule has 3 aromatic rings. The van der Waals surface area contributed by atoms with Crippen LogP contribution in [0, 0.1) is 0 Å². The monoisotopic (exact) mass is 371 g/mol. The van der Waals surface area contributed by atoms with Gasteiger partial charge in [0.25, 0.3) is 0 Å². The Kier molecular flexibility index (Phi) is 6.15. The smallest absolute Gasteiger partial charge is 0.317 e. The molecule has 0 unspecified atom stereocenters. The van der Waals surface area contributed by atoms with Gasteiger partial charge in [-0.2, -0.15) is 0 Å². The predicted octanol–water partition coefficient (Wildman–Crippen LogP) is 3.57. The van der Waals surface area contributed by atoms with Crippen LogP contribution in [0.25, 0.3) is 10.9 Å². The number of H-pyrrole nitrogens is 1. The van der Waals surface area contributed by atoms with Gasteiger partial charge in [-0.05, 0) is 35.7 Å². The van der Waals surface area contributed by atoms with Gasteiger partial charge in [0.2, 0.25) is 0 Å². The zero-order valence-corrected chi connectivity index (χ0v) is 15.2. The lowest BCUT2D eigenvalue weighted by molar-refractivity contribution is 0.174. The fourth-order valence-electron chi connectivity index (χ4n) is 2.98. The first-order valence-electron chi connectivity index (χ1n) is 8.60. The van der Waals surface area contributed by atoms with Gasteiger partial charge in [0.1, 0.15) is 0 Å². The molecule has 0 saturated carbocycles. The summed E-state index contributed by atoms with van der Waals surface area (Å²) in [6, 6.07) is 15.3. The summed E-state index contributed by atoms with van der Waals surface area (Å²) in [4.78, 5) is 17.3. The molecule has 0 aliphatic rings. The zero-order chi connectivity index (χ0) is 18.4. The summed E-state index contributed by atoms with van der Waals surface area (Å²) in [6.07, 6.45) is 2.72. The largest absolute Gasteiger partial charge is 0.395 e. The zero-order valence-electron chi connectivity index (χ0n) is 14.4. The van der Waals surface area contributed by atoms with E-state index < -0.39 is 0 Å². The summed E-state index contributed by atoms with van der Waals surface area (Å²) < 4.78 is 0. The van der Waals surface area contributed by atoms with Crippen molar-refractivity contribution >= 4 is 28.5 Å². The van der Waals surface area contributed by atoms with E-state index in [-0.39, 0.29) is 19.2 Å². The summed E-state index contributed by atoms with van der Waals surface area (Å²) >= 11 is 6.00. The van der Waals surface area contributed by atoms with Crippen LogP contribution >= 0.6 is 11.6 Å². The number of aliphatic hydroxyl groups excluding tert-OH is 1. The number of benzene rings is 2. The number of nitrogens with zero attached hydrogens (tertiary/aromatic N) is 1. The maximum atomic E-state index is 12.5. The predicted molar refractivity (Wildman–Crippen MR) is 104 cm³/mol. The normalized spacial score (nSPS) is 10.8. The number of fused-ring (bicyclic) bond motifs is 1. The van der Waals surface area contributed by atoms with Gasteiger partial charge in [-0.3, -0.25) is 0 Å². The average Bonchev–Trinajstić information content (AvgIpc) is 3.05. The lowest BCUT2D eigenvalue weighted by Gasteiger charge is -2.22. The van der Waals surface area contributed by atoms with E-state index in [2.05, 4.69) is 16.4 Å². The highest BCUT2D eigenvalue weighted by molar-refractivity contribution is 6.30. The lowest BCUT2D eigenvalue weighted by atomic mass is 10.1. The molecule has 0 fully saturated rings. The van der Waals surface area contributed by atoms with Crippen molar-refractivity contribution in [2.24, 2.45) is 0 Å². The topological polar surface area (TPSA) is 68.4 Å². The number of hydrogen-bond donors (Lipinski definition) is 3. The van der Waals surface area contributed by atoms with Crippen LogP contribution in [0.15, 0.2) is 54.7 Å². The third kappa shape index (κ3) is 4.56. The standard InChI is InChI=1S/C20H22ClN3O2/c21-17-5-3-4-15(12-17)14-24(10-11-25)20(26)22-9-8-16-13-23-19-7-2-1-6-18(16)19/h1-7,12-13,23,25H,8-11,14H2,(H,22,26). The molecule has 3 rings (SSSR count). The van der Waals surface area contributed by atoms with Crippen molar-refractivity contribution in [3.8, 4) is 0 Å². The van der Waals surface area contributed by atoms with Gasteiger partial charge in [-0.25, -0.2) is 4.79 Å². The molecule has 136 valence electrons. The number of rotatable bonds is 7. The number of hydrogen-bond acceptors (Lipinski definition) is 2. The van der Waals surface area contributed by atoms with Crippen LogP contribution in [0.5, 0.6) is 0 Å². The highest BCUT2D eigenvalue weighted by Crippen LogP contribution is 2.18. The van der Waals surface area contributed by atoms with Crippen LogP contribution in [0.2, 0.25) is 5.02 Å². The first-order valence-corrected chi connectivity index (χ1v) is 8.98. The third-order valence-electron chi connectivity index (χ3n) is 4.27. The number of urea groups is 1. The van der Waals surface area contributed by atoms with Gasteiger partial charge >= 0.3 is 6.03 Å². The third-order valence-corrected chi connectivity index (χ3v) is 4.50. The number of halogens is 1. The molecule has 6 heteroatoms. The Morgan fingerprint density at radius 1 is 1.19 bits per heavy atom. The van der Waals surface area contributed by atoms with Gasteiger partial charge in [0.15, 0.2) is 0 Å². The number of aromatic amines is 1. The number of aromatic nitrogens is 1. The molecule has 0 atom stereocenters. The van der Waals surface area contributed by atoms with E-state index >= 15 is 0 Å². The minimum atomic E-state index is -0.195. The first kappa shape index (κ1) is 18.3. The number of carbonyl (C=O) groups excluding carboxylic acids is 1. The molecule has 0 saturated heterocycles. The van der Waals surface area contributed by atoms with Gasteiger partial charge in [0, 0.05) is 41.8 Å². The Labute approximate surface area is 157 Å². The number of para-hydroxylation sites is 1. The van der Waals surface area contributed by atoms with Crippen LogP contribution in [0.4, 0.5) is 4.79 Å². The lowest BCUT2D eigenvalue weighted by Crippen LogP contribution is -2.41. The van der Waals surface area contributed by atoms with Gasteiger partial charge < -0.3 is 20.3 Å².